The third-order valence-corrected chi connectivity index (χ3v) is 5.64. The SMILES string of the molecule is Cc1c(Nc2ncc(C(F)(F)F)c(NC3CC3)n2)cnn1[C@H]1C[C@H](n2cccn2)C1. The lowest BCUT2D eigenvalue weighted by Gasteiger charge is -2.36. The number of hydrogen-bond acceptors (Lipinski definition) is 6. The third kappa shape index (κ3) is 3.59. The average molecular weight is 418 g/mol. The van der Waals surface area contributed by atoms with Crippen LogP contribution in [0.2, 0.25) is 0 Å². The zero-order valence-corrected chi connectivity index (χ0v) is 16.3. The molecule has 0 aliphatic heterocycles. The second-order valence-electron chi connectivity index (χ2n) is 7.85. The van der Waals surface area contributed by atoms with E-state index in [1.165, 1.54) is 0 Å². The molecule has 2 aliphatic rings. The predicted octanol–water partition coefficient (Wildman–Crippen LogP) is 4.09. The molecule has 2 aliphatic carbocycles. The molecular weight excluding hydrogens is 397 g/mol. The first-order valence-corrected chi connectivity index (χ1v) is 9.89. The van der Waals surface area contributed by atoms with Gasteiger partial charge in [0, 0.05) is 24.6 Å². The number of aromatic nitrogens is 6. The molecule has 0 unspecified atom stereocenters. The summed E-state index contributed by atoms with van der Waals surface area (Å²) in [5, 5.41) is 14.6. The van der Waals surface area contributed by atoms with Gasteiger partial charge in [-0.2, -0.15) is 28.4 Å². The van der Waals surface area contributed by atoms with Crippen molar-refractivity contribution in [2.75, 3.05) is 10.6 Å². The Kier molecular flexibility index (Phi) is 4.40. The zero-order valence-electron chi connectivity index (χ0n) is 16.3. The van der Waals surface area contributed by atoms with Crippen molar-refractivity contribution in [1.82, 2.24) is 29.5 Å². The van der Waals surface area contributed by atoms with E-state index in [1.54, 1.807) is 12.4 Å². The van der Waals surface area contributed by atoms with Gasteiger partial charge in [0.1, 0.15) is 11.4 Å². The molecule has 0 spiro atoms. The van der Waals surface area contributed by atoms with Crippen molar-refractivity contribution < 1.29 is 13.2 Å². The van der Waals surface area contributed by atoms with E-state index < -0.39 is 11.7 Å². The first-order valence-electron chi connectivity index (χ1n) is 9.89. The van der Waals surface area contributed by atoms with Gasteiger partial charge in [0.25, 0.3) is 0 Å². The number of nitrogens with zero attached hydrogens (tertiary/aromatic N) is 6. The predicted molar refractivity (Wildman–Crippen MR) is 103 cm³/mol. The van der Waals surface area contributed by atoms with E-state index in [1.807, 2.05) is 28.6 Å². The van der Waals surface area contributed by atoms with Gasteiger partial charge >= 0.3 is 6.18 Å². The number of anilines is 3. The van der Waals surface area contributed by atoms with Crippen LogP contribution in [0.4, 0.5) is 30.6 Å². The molecular formula is C19H21F3N8. The smallest absolute Gasteiger partial charge is 0.367 e. The molecule has 0 radical (unpaired) electrons. The summed E-state index contributed by atoms with van der Waals surface area (Å²) in [6.07, 6.45) is 5.24. The van der Waals surface area contributed by atoms with Gasteiger partial charge in [-0.25, -0.2) is 4.98 Å². The van der Waals surface area contributed by atoms with E-state index in [0.717, 1.165) is 37.6 Å². The Bertz CT molecular complexity index is 1030. The fraction of sp³-hybridized carbons (Fsp3) is 0.474. The Morgan fingerprint density at radius 1 is 1.10 bits per heavy atom. The summed E-state index contributed by atoms with van der Waals surface area (Å²) in [6.45, 7) is 1.92. The summed E-state index contributed by atoms with van der Waals surface area (Å²) in [5.74, 6) is -0.0783. The van der Waals surface area contributed by atoms with Crippen molar-refractivity contribution in [3.8, 4) is 0 Å². The molecule has 0 bridgehead atoms. The largest absolute Gasteiger partial charge is 0.421 e. The number of alkyl halides is 3. The Balaban J connectivity index is 1.31. The average Bonchev–Trinajstić information content (AvgIpc) is 3.17. The number of nitrogens with one attached hydrogen (secondary N) is 2. The van der Waals surface area contributed by atoms with E-state index >= 15 is 0 Å². The molecule has 3 aromatic heterocycles. The maximum Gasteiger partial charge on any atom is 0.421 e. The summed E-state index contributed by atoms with van der Waals surface area (Å²) >= 11 is 0. The van der Waals surface area contributed by atoms with E-state index in [4.69, 9.17) is 0 Å². The van der Waals surface area contributed by atoms with Crippen molar-refractivity contribution in [2.45, 2.75) is 56.9 Å². The Labute approximate surface area is 170 Å². The van der Waals surface area contributed by atoms with Crippen LogP contribution in [-0.2, 0) is 6.18 Å². The van der Waals surface area contributed by atoms with Gasteiger partial charge in [-0.3, -0.25) is 9.36 Å². The van der Waals surface area contributed by atoms with Crippen molar-refractivity contribution in [2.24, 2.45) is 0 Å². The lowest BCUT2D eigenvalue weighted by atomic mass is 9.87. The van der Waals surface area contributed by atoms with Crippen molar-refractivity contribution >= 4 is 17.5 Å². The zero-order chi connectivity index (χ0) is 20.9. The maximum atomic E-state index is 13.3. The minimum Gasteiger partial charge on any atom is -0.367 e. The van der Waals surface area contributed by atoms with E-state index in [0.29, 0.717) is 11.7 Å². The molecule has 11 heteroatoms. The summed E-state index contributed by atoms with van der Waals surface area (Å²) in [4.78, 5) is 7.96. The van der Waals surface area contributed by atoms with Gasteiger partial charge in [-0.1, -0.05) is 0 Å². The van der Waals surface area contributed by atoms with Gasteiger partial charge in [-0.15, -0.1) is 0 Å². The molecule has 0 aromatic carbocycles. The number of rotatable bonds is 6. The van der Waals surface area contributed by atoms with Crippen LogP contribution in [-0.4, -0.2) is 35.6 Å². The number of hydrogen-bond donors (Lipinski definition) is 2. The van der Waals surface area contributed by atoms with Crippen molar-refractivity contribution in [3.63, 3.8) is 0 Å². The lowest BCUT2D eigenvalue weighted by molar-refractivity contribution is -0.137. The fourth-order valence-electron chi connectivity index (χ4n) is 3.69. The molecule has 2 saturated carbocycles. The molecule has 2 fully saturated rings. The van der Waals surface area contributed by atoms with Crippen LogP contribution < -0.4 is 10.6 Å². The summed E-state index contributed by atoms with van der Waals surface area (Å²) in [6, 6.07) is 2.57. The molecule has 3 heterocycles. The first kappa shape index (κ1) is 18.9. The highest BCUT2D eigenvalue weighted by molar-refractivity contribution is 5.58. The molecule has 30 heavy (non-hydrogen) atoms. The maximum absolute atomic E-state index is 13.3. The quantitative estimate of drug-likeness (QED) is 0.627. The minimum absolute atomic E-state index is 0.0414. The van der Waals surface area contributed by atoms with Crippen LogP contribution in [0.1, 0.15) is 49.0 Å². The van der Waals surface area contributed by atoms with Crippen LogP contribution in [0.5, 0.6) is 0 Å². The Morgan fingerprint density at radius 2 is 1.90 bits per heavy atom. The van der Waals surface area contributed by atoms with Crippen LogP contribution in [0, 0.1) is 6.92 Å². The van der Waals surface area contributed by atoms with Crippen molar-refractivity contribution in [1.29, 1.82) is 0 Å². The summed E-state index contributed by atoms with van der Waals surface area (Å²) in [7, 11) is 0. The van der Waals surface area contributed by atoms with Gasteiger partial charge in [0.05, 0.1) is 29.7 Å². The minimum atomic E-state index is -4.51. The van der Waals surface area contributed by atoms with Crippen LogP contribution >= 0.6 is 0 Å². The highest BCUT2D eigenvalue weighted by atomic mass is 19.4. The highest BCUT2D eigenvalue weighted by Crippen LogP contribution is 2.42. The Hall–Kier alpha value is -3.11. The third-order valence-electron chi connectivity index (χ3n) is 5.64. The van der Waals surface area contributed by atoms with E-state index in [-0.39, 0.29) is 23.8 Å². The molecule has 0 atom stereocenters. The topological polar surface area (TPSA) is 85.5 Å². The molecule has 0 saturated heterocycles. The molecule has 8 nitrogen and oxygen atoms in total. The lowest BCUT2D eigenvalue weighted by Crippen LogP contribution is -2.30. The van der Waals surface area contributed by atoms with Crippen LogP contribution in [0.3, 0.4) is 0 Å². The highest BCUT2D eigenvalue weighted by Gasteiger charge is 2.37. The molecule has 0 amide bonds. The second kappa shape index (κ2) is 6.99. The van der Waals surface area contributed by atoms with Crippen molar-refractivity contribution in [3.05, 3.63) is 42.1 Å². The second-order valence-corrected chi connectivity index (χ2v) is 7.85. The van der Waals surface area contributed by atoms with E-state index in [2.05, 4.69) is 30.8 Å². The molecule has 5 rings (SSSR count). The van der Waals surface area contributed by atoms with Gasteiger partial charge in [0.2, 0.25) is 5.95 Å². The number of halogens is 3. The first-order chi connectivity index (χ1) is 14.4. The van der Waals surface area contributed by atoms with Gasteiger partial charge in [-0.05, 0) is 38.7 Å². The van der Waals surface area contributed by atoms with Crippen LogP contribution in [0.15, 0.2) is 30.9 Å². The molecule has 3 aromatic rings. The molecule has 158 valence electrons. The Morgan fingerprint density at radius 3 is 2.57 bits per heavy atom. The summed E-state index contributed by atoms with van der Waals surface area (Å²) in [5.41, 5.74) is 0.709. The monoisotopic (exact) mass is 418 g/mol. The standard InChI is InChI=1S/C19H21F3N8/c1-11-16(10-25-30(11)14-7-13(8-14)29-6-2-5-24-29)27-18-23-9-15(19(20,21)22)17(28-18)26-12-3-4-12/h2,5-6,9-10,12-14H,3-4,7-8H2,1H3,(H2,23,26,27,28)/t13-,14-. The van der Waals surface area contributed by atoms with Gasteiger partial charge < -0.3 is 10.6 Å². The van der Waals surface area contributed by atoms with E-state index in [9.17, 15) is 13.2 Å². The normalized spacial score (nSPS) is 21.3. The van der Waals surface area contributed by atoms with Crippen LogP contribution in [0.25, 0.3) is 0 Å². The molecule has 2 N–H and O–H groups in total. The van der Waals surface area contributed by atoms with Gasteiger partial charge in [0.15, 0.2) is 0 Å². The fourth-order valence-corrected chi connectivity index (χ4v) is 3.69. The summed E-state index contributed by atoms with van der Waals surface area (Å²) < 4.78 is 43.7.